The van der Waals surface area contributed by atoms with Crippen LogP contribution in [-0.4, -0.2) is 4.98 Å². The summed E-state index contributed by atoms with van der Waals surface area (Å²) in [5.74, 6) is 0. The number of aryl methyl sites for hydroxylation is 2. The van der Waals surface area contributed by atoms with Gasteiger partial charge in [-0.15, -0.1) is 0 Å². The molecule has 0 saturated carbocycles. The normalized spacial score (nSPS) is 12.4. The highest BCUT2D eigenvalue weighted by Crippen LogP contribution is 2.37. The Morgan fingerprint density at radius 3 is 2.73 bits per heavy atom. The number of fused-ring (bicyclic) bond motifs is 3. The number of rotatable bonds is 0. The van der Waals surface area contributed by atoms with Crippen molar-refractivity contribution in [1.29, 1.82) is 0 Å². The summed E-state index contributed by atoms with van der Waals surface area (Å²) in [7, 11) is 0. The van der Waals surface area contributed by atoms with Crippen LogP contribution in [0.2, 0.25) is 0 Å². The van der Waals surface area contributed by atoms with Crippen LogP contribution in [0.25, 0.3) is 11.1 Å². The van der Waals surface area contributed by atoms with Crippen LogP contribution in [0, 0.1) is 13.8 Å². The molecule has 0 unspecified atom stereocenters. The molecular weight excluding hydrogens is 182 g/mol. The quantitative estimate of drug-likeness (QED) is 0.536. The van der Waals surface area contributed by atoms with E-state index < -0.39 is 0 Å². The summed E-state index contributed by atoms with van der Waals surface area (Å²) < 4.78 is 0. The van der Waals surface area contributed by atoms with Gasteiger partial charge in [-0.05, 0) is 43.0 Å². The van der Waals surface area contributed by atoms with Crippen LogP contribution in [0.5, 0.6) is 0 Å². The van der Waals surface area contributed by atoms with E-state index in [1.807, 2.05) is 0 Å². The lowest BCUT2D eigenvalue weighted by atomic mass is 10.0. The van der Waals surface area contributed by atoms with E-state index in [1.165, 1.54) is 22.3 Å². The van der Waals surface area contributed by atoms with Crippen LogP contribution in [-0.2, 0) is 6.42 Å². The number of pyridine rings is 1. The van der Waals surface area contributed by atoms with Crippen LogP contribution in [0.1, 0.15) is 22.5 Å². The summed E-state index contributed by atoms with van der Waals surface area (Å²) in [6.07, 6.45) is 1.07. The first kappa shape index (κ1) is 8.66. The van der Waals surface area contributed by atoms with Crippen molar-refractivity contribution in [1.82, 2.24) is 4.98 Å². The summed E-state index contributed by atoms with van der Waals surface area (Å²) in [6, 6.07) is 10.8. The molecular formula is C14H13N. The maximum Gasteiger partial charge on any atom is 0.0457 e. The monoisotopic (exact) mass is 195 g/mol. The van der Waals surface area contributed by atoms with Crippen LogP contribution >= 0.6 is 0 Å². The molecule has 1 heteroatoms. The van der Waals surface area contributed by atoms with Gasteiger partial charge >= 0.3 is 0 Å². The Morgan fingerprint density at radius 2 is 1.87 bits per heavy atom. The second kappa shape index (κ2) is 2.93. The molecule has 0 N–H and O–H groups in total. The van der Waals surface area contributed by atoms with Crippen molar-refractivity contribution >= 4 is 0 Å². The maximum atomic E-state index is 4.54. The largest absolute Gasteiger partial charge is 0.258 e. The van der Waals surface area contributed by atoms with Gasteiger partial charge in [0.2, 0.25) is 0 Å². The molecule has 1 aliphatic rings. The Labute approximate surface area is 89.8 Å². The van der Waals surface area contributed by atoms with Crippen molar-refractivity contribution in [3.05, 3.63) is 52.8 Å². The average Bonchev–Trinajstić information content (AvgIpc) is 2.54. The van der Waals surface area contributed by atoms with Gasteiger partial charge in [0, 0.05) is 17.0 Å². The van der Waals surface area contributed by atoms with E-state index in [2.05, 4.69) is 49.2 Å². The van der Waals surface area contributed by atoms with Crippen molar-refractivity contribution in [2.24, 2.45) is 0 Å². The fraction of sp³-hybridized carbons (Fsp3) is 0.214. The van der Waals surface area contributed by atoms with Gasteiger partial charge in [-0.25, -0.2) is 0 Å². The summed E-state index contributed by atoms with van der Waals surface area (Å²) >= 11 is 0. The smallest absolute Gasteiger partial charge is 0.0457 e. The first-order valence-corrected chi connectivity index (χ1v) is 5.31. The van der Waals surface area contributed by atoms with Gasteiger partial charge in [0.05, 0.1) is 0 Å². The Bertz CT molecular complexity index is 541. The standard InChI is InChI=1S/C14H13N/c1-9-7-12-8-11-5-3-4-6-13(11)14(12)10(2)15-9/h3-7H,8H2,1-2H3. The van der Waals surface area contributed by atoms with Gasteiger partial charge in [0.15, 0.2) is 0 Å². The molecule has 74 valence electrons. The molecule has 0 amide bonds. The van der Waals surface area contributed by atoms with Crippen molar-refractivity contribution in [2.75, 3.05) is 0 Å². The van der Waals surface area contributed by atoms with E-state index in [0.29, 0.717) is 0 Å². The first-order chi connectivity index (χ1) is 7.25. The zero-order chi connectivity index (χ0) is 10.4. The minimum atomic E-state index is 1.07. The van der Waals surface area contributed by atoms with Gasteiger partial charge < -0.3 is 0 Å². The lowest BCUT2D eigenvalue weighted by Crippen LogP contribution is -1.91. The summed E-state index contributed by atoms with van der Waals surface area (Å²) in [4.78, 5) is 4.54. The van der Waals surface area contributed by atoms with Crippen molar-refractivity contribution in [3.63, 3.8) is 0 Å². The van der Waals surface area contributed by atoms with Gasteiger partial charge in [-0.2, -0.15) is 0 Å². The lowest BCUT2D eigenvalue weighted by molar-refractivity contribution is 1.10. The Balaban J connectivity index is 2.33. The highest BCUT2D eigenvalue weighted by Gasteiger charge is 2.20. The van der Waals surface area contributed by atoms with Gasteiger partial charge in [-0.3, -0.25) is 4.98 Å². The third-order valence-electron chi connectivity index (χ3n) is 3.08. The Kier molecular flexibility index (Phi) is 1.69. The zero-order valence-corrected chi connectivity index (χ0v) is 9.04. The second-order valence-electron chi connectivity index (χ2n) is 4.22. The molecule has 1 aromatic carbocycles. The third kappa shape index (κ3) is 1.19. The Hall–Kier alpha value is -1.63. The van der Waals surface area contributed by atoms with Crippen LogP contribution in [0.15, 0.2) is 30.3 Å². The Morgan fingerprint density at radius 1 is 1.07 bits per heavy atom. The molecule has 0 radical (unpaired) electrons. The predicted octanol–water partition coefficient (Wildman–Crippen LogP) is 3.27. The number of hydrogen-bond acceptors (Lipinski definition) is 1. The molecule has 3 rings (SSSR count). The van der Waals surface area contributed by atoms with Gasteiger partial charge in [0.1, 0.15) is 0 Å². The van der Waals surface area contributed by atoms with Crippen LogP contribution in [0.3, 0.4) is 0 Å². The second-order valence-corrected chi connectivity index (χ2v) is 4.22. The molecule has 0 saturated heterocycles. The molecule has 2 aromatic rings. The summed E-state index contributed by atoms with van der Waals surface area (Å²) in [6.45, 7) is 4.17. The summed E-state index contributed by atoms with van der Waals surface area (Å²) in [5.41, 5.74) is 7.88. The van der Waals surface area contributed by atoms with Crippen LogP contribution < -0.4 is 0 Å². The zero-order valence-electron chi connectivity index (χ0n) is 9.04. The third-order valence-corrected chi connectivity index (χ3v) is 3.08. The average molecular weight is 195 g/mol. The molecule has 0 aliphatic heterocycles. The molecule has 1 heterocycles. The molecule has 15 heavy (non-hydrogen) atoms. The fourth-order valence-electron chi connectivity index (χ4n) is 2.54. The number of benzene rings is 1. The SMILES string of the molecule is Cc1cc2c(c(C)n1)-c1ccccc1C2. The van der Waals surface area contributed by atoms with Crippen molar-refractivity contribution < 1.29 is 0 Å². The topological polar surface area (TPSA) is 12.9 Å². The van der Waals surface area contributed by atoms with E-state index in [1.54, 1.807) is 0 Å². The fourth-order valence-corrected chi connectivity index (χ4v) is 2.54. The minimum Gasteiger partial charge on any atom is -0.258 e. The van der Waals surface area contributed by atoms with E-state index >= 15 is 0 Å². The highest BCUT2D eigenvalue weighted by atomic mass is 14.7. The minimum absolute atomic E-state index is 1.07. The number of hydrogen-bond donors (Lipinski definition) is 0. The van der Waals surface area contributed by atoms with E-state index in [0.717, 1.165) is 17.8 Å². The van der Waals surface area contributed by atoms with Gasteiger partial charge in [-0.1, -0.05) is 24.3 Å². The number of aromatic nitrogens is 1. The molecule has 1 nitrogen and oxygen atoms in total. The van der Waals surface area contributed by atoms with E-state index in [4.69, 9.17) is 0 Å². The lowest BCUT2D eigenvalue weighted by Gasteiger charge is -2.05. The molecule has 1 aromatic heterocycles. The van der Waals surface area contributed by atoms with E-state index in [-0.39, 0.29) is 0 Å². The first-order valence-electron chi connectivity index (χ1n) is 5.31. The van der Waals surface area contributed by atoms with Crippen molar-refractivity contribution in [2.45, 2.75) is 20.3 Å². The molecule has 0 spiro atoms. The highest BCUT2D eigenvalue weighted by molar-refractivity contribution is 5.78. The summed E-state index contributed by atoms with van der Waals surface area (Å²) in [5, 5.41) is 0. The number of nitrogens with zero attached hydrogens (tertiary/aromatic N) is 1. The maximum absolute atomic E-state index is 4.54. The molecule has 0 fully saturated rings. The molecule has 1 aliphatic carbocycles. The van der Waals surface area contributed by atoms with E-state index in [9.17, 15) is 0 Å². The van der Waals surface area contributed by atoms with Crippen molar-refractivity contribution in [3.8, 4) is 11.1 Å². The molecule has 0 bridgehead atoms. The van der Waals surface area contributed by atoms with Gasteiger partial charge in [0.25, 0.3) is 0 Å². The predicted molar refractivity (Wildman–Crippen MR) is 62.0 cm³/mol. The molecule has 0 atom stereocenters. The van der Waals surface area contributed by atoms with Crippen LogP contribution in [0.4, 0.5) is 0 Å².